The van der Waals surface area contributed by atoms with Crippen molar-refractivity contribution >= 4 is 39.8 Å². The molecule has 8 N–H and O–H groups in total. The highest BCUT2D eigenvalue weighted by Crippen LogP contribution is 2.43. The first-order chi connectivity index (χ1) is 23.9. The lowest BCUT2D eigenvalue weighted by Crippen LogP contribution is -2.54. The highest BCUT2D eigenvalue weighted by atomic mass is 32.2. The Morgan fingerprint density at radius 3 is 2.22 bits per heavy atom. The average Bonchev–Trinajstić information content (AvgIpc) is 3.40. The van der Waals surface area contributed by atoms with Crippen LogP contribution < -0.4 is 36.0 Å². The zero-order valence-corrected chi connectivity index (χ0v) is 30.7. The predicted octanol–water partition coefficient (Wildman–Crippen LogP) is 2.60. The quantitative estimate of drug-likeness (QED) is 0.0549. The Balaban J connectivity index is 1.61. The van der Waals surface area contributed by atoms with Crippen LogP contribution in [0.4, 0.5) is 4.79 Å². The summed E-state index contributed by atoms with van der Waals surface area (Å²) >= 11 is 0. The average molecular weight is 728 g/mol. The zero-order valence-electron chi connectivity index (χ0n) is 29.9. The van der Waals surface area contributed by atoms with Crippen molar-refractivity contribution in [1.29, 1.82) is 5.41 Å². The summed E-state index contributed by atoms with van der Waals surface area (Å²) in [5.41, 5.74) is 2.64. The van der Waals surface area contributed by atoms with Gasteiger partial charge in [0, 0.05) is 25.1 Å². The van der Waals surface area contributed by atoms with Gasteiger partial charge >= 0.3 is 6.09 Å². The van der Waals surface area contributed by atoms with Crippen molar-refractivity contribution in [3.63, 3.8) is 0 Å². The van der Waals surface area contributed by atoms with Gasteiger partial charge in [0.1, 0.15) is 29.5 Å². The zero-order chi connectivity index (χ0) is 38.1. The number of hydrogen-bond donors (Lipinski definition) is 8. The van der Waals surface area contributed by atoms with Gasteiger partial charge in [0.25, 0.3) is 10.0 Å². The molecule has 3 rings (SSSR count). The molecule has 2 aromatic rings. The molecule has 278 valence electrons. The van der Waals surface area contributed by atoms with Crippen LogP contribution in [0.25, 0.3) is 0 Å². The lowest BCUT2D eigenvalue weighted by molar-refractivity contribution is -0.132. The van der Waals surface area contributed by atoms with Crippen LogP contribution in [0.2, 0.25) is 0 Å². The molecule has 0 saturated heterocycles. The summed E-state index contributed by atoms with van der Waals surface area (Å²) < 4.78 is 35.2. The Hall–Kier alpha value is -5.12. The summed E-state index contributed by atoms with van der Waals surface area (Å²) in [5.74, 6) is -1.71. The summed E-state index contributed by atoms with van der Waals surface area (Å²) in [5, 5.41) is 30.3. The standard InChI is InChI=1S/C35H49N7O8S/c1-8-17-37-32(45)27(23-14-11-10-12-15-23)41-30(43)25(9-2)39-31(44)26(40-34(46)47)16-13-18-38-33(36)42-51(48,49)29-21(4)20(3)28-24(22(29)5)19-35(6,7)50-28/h8,10-12,14-15,25-27,40H,1,9,13,16-19H2,2-7H3,(H,37,45)(H,39,44)(H,41,43)(H,46,47)(H3,36,38,42). The molecule has 0 fully saturated rings. The van der Waals surface area contributed by atoms with Gasteiger partial charge < -0.3 is 36.4 Å². The topological polar surface area (TPSA) is 228 Å². The smallest absolute Gasteiger partial charge is 0.405 e. The van der Waals surface area contributed by atoms with Crippen molar-refractivity contribution in [1.82, 2.24) is 31.3 Å². The summed E-state index contributed by atoms with van der Waals surface area (Å²) in [7, 11) is -4.16. The molecule has 3 atom stereocenters. The van der Waals surface area contributed by atoms with E-state index in [1.54, 1.807) is 58.0 Å². The van der Waals surface area contributed by atoms with Crippen LogP contribution in [-0.4, -0.2) is 74.1 Å². The number of nitrogens with one attached hydrogen (secondary N) is 7. The van der Waals surface area contributed by atoms with Crippen molar-refractivity contribution in [2.45, 2.75) is 95.8 Å². The van der Waals surface area contributed by atoms with Crippen LogP contribution in [0, 0.1) is 26.2 Å². The maximum atomic E-state index is 13.4. The first-order valence-corrected chi connectivity index (χ1v) is 18.1. The Labute approximate surface area is 298 Å². The number of carbonyl (C=O) groups is 4. The molecule has 4 amide bonds. The van der Waals surface area contributed by atoms with E-state index in [-0.39, 0.29) is 37.2 Å². The number of fused-ring (bicyclic) bond motifs is 1. The van der Waals surface area contributed by atoms with Gasteiger partial charge in [0.2, 0.25) is 23.7 Å². The lowest BCUT2D eigenvalue weighted by Gasteiger charge is -2.24. The van der Waals surface area contributed by atoms with Crippen molar-refractivity contribution in [2.24, 2.45) is 0 Å². The van der Waals surface area contributed by atoms with Crippen LogP contribution in [0.1, 0.15) is 73.9 Å². The second-order valence-electron chi connectivity index (χ2n) is 13.0. The molecule has 51 heavy (non-hydrogen) atoms. The van der Waals surface area contributed by atoms with E-state index in [0.717, 1.165) is 5.56 Å². The van der Waals surface area contributed by atoms with Gasteiger partial charge in [0.05, 0.1) is 4.90 Å². The highest BCUT2D eigenvalue weighted by molar-refractivity contribution is 7.90. The van der Waals surface area contributed by atoms with E-state index < -0.39 is 63.5 Å². The Morgan fingerprint density at radius 1 is 0.961 bits per heavy atom. The van der Waals surface area contributed by atoms with Crippen LogP contribution in [-0.2, 0) is 30.8 Å². The van der Waals surface area contributed by atoms with E-state index >= 15 is 0 Å². The molecule has 0 radical (unpaired) electrons. The van der Waals surface area contributed by atoms with Gasteiger partial charge in [-0.25, -0.2) is 17.9 Å². The second-order valence-corrected chi connectivity index (χ2v) is 14.6. The minimum Gasteiger partial charge on any atom is -0.487 e. The summed E-state index contributed by atoms with van der Waals surface area (Å²) in [4.78, 5) is 50.9. The SMILES string of the molecule is C=CCNC(=O)C(NC(=O)C(CC)NC(=O)C(CCCNC(=N)NS(=O)(=O)c1c(C)c(C)c2c(c1C)CC(C)(C)O2)NC(=O)O)c1ccccc1. The fourth-order valence-corrected chi connectivity index (χ4v) is 7.42. The molecular weight excluding hydrogens is 678 g/mol. The van der Waals surface area contributed by atoms with Gasteiger partial charge in [-0.3, -0.25) is 19.8 Å². The maximum Gasteiger partial charge on any atom is 0.405 e. The summed E-state index contributed by atoms with van der Waals surface area (Å²) in [6, 6.07) is 5.12. The number of sulfonamides is 1. The van der Waals surface area contributed by atoms with E-state index in [4.69, 9.17) is 10.1 Å². The lowest BCUT2D eigenvalue weighted by atomic mass is 9.94. The van der Waals surface area contributed by atoms with Crippen LogP contribution >= 0.6 is 0 Å². The second kappa shape index (κ2) is 17.2. The van der Waals surface area contributed by atoms with Crippen molar-refractivity contribution in [2.75, 3.05) is 13.1 Å². The van der Waals surface area contributed by atoms with E-state index in [2.05, 4.69) is 37.9 Å². The van der Waals surface area contributed by atoms with Crippen LogP contribution in [0.5, 0.6) is 5.75 Å². The fraction of sp³-hybridized carbons (Fsp3) is 0.457. The third-order valence-electron chi connectivity index (χ3n) is 8.53. The number of carboxylic acid groups (broad SMARTS) is 1. The number of hydrogen-bond acceptors (Lipinski definition) is 8. The first kappa shape index (κ1) is 40.3. The number of guanidine groups is 1. The Morgan fingerprint density at radius 2 is 1.61 bits per heavy atom. The summed E-state index contributed by atoms with van der Waals surface area (Å²) in [6.45, 7) is 14.5. The molecule has 3 unspecified atom stereocenters. The molecule has 16 heteroatoms. The van der Waals surface area contributed by atoms with E-state index in [1.807, 2.05) is 13.8 Å². The number of rotatable bonds is 16. The molecule has 0 bridgehead atoms. The fourth-order valence-electron chi connectivity index (χ4n) is 5.90. The molecule has 2 aromatic carbocycles. The predicted molar refractivity (Wildman–Crippen MR) is 192 cm³/mol. The number of ether oxygens (including phenoxy) is 1. The third-order valence-corrected chi connectivity index (χ3v) is 10.1. The summed E-state index contributed by atoms with van der Waals surface area (Å²) in [6.07, 6.45) is 0.813. The molecule has 0 aromatic heterocycles. The first-order valence-electron chi connectivity index (χ1n) is 16.6. The third kappa shape index (κ3) is 10.4. The van der Waals surface area contributed by atoms with Gasteiger partial charge in [-0.05, 0) is 76.1 Å². The number of carbonyl (C=O) groups excluding carboxylic acids is 3. The van der Waals surface area contributed by atoms with Gasteiger partial charge in [-0.1, -0.05) is 43.3 Å². The minimum atomic E-state index is -4.16. The van der Waals surface area contributed by atoms with Crippen molar-refractivity contribution in [3.8, 4) is 5.75 Å². The van der Waals surface area contributed by atoms with Gasteiger partial charge in [-0.2, -0.15) is 0 Å². The number of amides is 4. The van der Waals surface area contributed by atoms with E-state index in [1.165, 1.54) is 6.08 Å². The molecule has 0 spiro atoms. The largest absolute Gasteiger partial charge is 0.487 e. The van der Waals surface area contributed by atoms with Gasteiger partial charge in [0.15, 0.2) is 0 Å². The number of benzene rings is 2. The maximum absolute atomic E-state index is 13.4. The van der Waals surface area contributed by atoms with Crippen molar-refractivity contribution < 1.29 is 37.4 Å². The van der Waals surface area contributed by atoms with Crippen molar-refractivity contribution in [3.05, 3.63) is 70.8 Å². The van der Waals surface area contributed by atoms with Crippen LogP contribution in [0.3, 0.4) is 0 Å². The molecule has 1 heterocycles. The Kier molecular flexibility index (Phi) is 13.6. The molecule has 15 nitrogen and oxygen atoms in total. The normalized spacial score (nSPS) is 14.8. The van der Waals surface area contributed by atoms with E-state index in [9.17, 15) is 32.7 Å². The van der Waals surface area contributed by atoms with E-state index in [0.29, 0.717) is 34.4 Å². The monoisotopic (exact) mass is 727 g/mol. The molecular formula is C35H49N7O8S. The molecule has 1 aliphatic rings. The van der Waals surface area contributed by atoms with Gasteiger partial charge in [-0.15, -0.1) is 6.58 Å². The minimum absolute atomic E-state index is 0.0198. The highest BCUT2D eigenvalue weighted by Gasteiger charge is 2.37. The molecule has 1 aliphatic heterocycles. The molecule has 0 aliphatic carbocycles. The molecule has 0 saturated carbocycles. The Bertz CT molecular complexity index is 1760. The van der Waals surface area contributed by atoms with Crippen LogP contribution in [0.15, 0.2) is 47.9 Å².